The van der Waals surface area contributed by atoms with Gasteiger partial charge < -0.3 is 19.9 Å². The van der Waals surface area contributed by atoms with Crippen molar-refractivity contribution in [1.82, 2.24) is 20.2 Å². The molecule has 7 nitrogen and oxygen atoms in total. The van der Waals surface area contributed by atoms with Crippen molar-refractivity contribution in [2.24, 2.45) is 0 Å². The van der Waals surface area contributed by atoms with Gasteiger partial charge in [-0.2, -0.15) is 9.97 Å². The SMILES string of the molecule is Cc1cccc2cccc(N3CCc4c(nc(OC[C@@H]5CC(F)(F)CN5C)nc4N4CCNCC4)C3)c12. The lowest BCUT2D eigenvalue weighted by Gasteiger charge is -2.35. The van der Waals surface area contributed by atoms with E-state index in [2.05, 4.69) is 58.4 Å². The Kier molecular flexibility index (Phi) is 6.36. The van der Waals surface area contributed by atoms with Gasteiger partial charge in [-0.05, 0) is 37.4 Å². The summed E-state index contributed by atoms with van der Waals surface area (Å²) in [5.74, 6) is -1.75. The van der Waals surface area contributed by atoms with Crippen LogP contribution in [0.3, 0.4) is 0 Å². The van der Waals surface area contributed by atoms with Gasteiger partial charge in [0.15, 0.2) is 0 Å². The van der Waals surface area contributed by atoms with Crippen molar-refractivity contribution in [1.29, 1.82) is 0 Å². The first-order valence-corrected chi connectivity index (χ1v) is 13.2. The van der Waals surface area contributed by atoms with Gasteiger partial charge in [0.2, 0.25) is 0 Å². The Morgan fingerprint density at radius 2 is 1.84 bits per heavy atom. The average Bonchev–Trinajstić information content (AvgIpc) is 3.17. The molecule has 196 valence electrons. The highest BCUT2D eigenvalue weighted by atomic mass is 19.3. The summed E-state index contributed by atoms with van der Waals surface area (Å²) < 4.78 is 33.8. The topological polar surface area (TPSA) is 56.8 Å². The number of rotatable bonds is 5. The van der Waals surface area contributed by atoms with Gasteiger partial charge in [-0.15, -0.1) is 0 Å². The molecule has 2 fully saturated rings. The van der Waals surface area contributed by atoms with Crippen molar-refractivity contribution in [2.45, 2.75) is 38.3 Å². The van der Waals surface area contributed by atoms with Crippen molar-refractivity contribution in [2.75, 3.05) is 62.7 Å². The molecule has 6 rings (SSSR count). The molecule has 0 unspecified atom stereocenters. The molecule has 0 aliphatic carbocycles. The van der Waals surface area contributed by atoms with Gasteiger partial charge in [-0.25, -0.2) is 8.78 Å². The molecule has 4 heterocycles. The first-order chi connectivity index (χ1) is 17.9. The van der Waals surface area contributed by atoms with Crippen LogP contribution in [0.1, 0.15) is 23.2 Å². The van der Waals surface area contributed by atoms with Crippen LogP contribution in [0.2, 0.25) is 0 Å². The molecule has 3 aliphatic heterocycles. The number of nitrogens with zero attached hydrogens (tertiary/aromatic N) is 5. The van der Waals surface area contributed by atoms with Gasteiger partial charge in [0, 0.05) is 61.8 Å². The number of hydrogen-bond acceptors (Lipinski definition) is 7. The van der Waals surface area contributed by atoms with Crippen LogP contribution < -0.4 is 19.9 Å². The summed E-state index contributed by atoms with van der Waals surface area (Å²) in [6, 6.07) is 12.8. The van der Waals surface area contributed by atoms with Gasteiger partial charge in [-0.1, -0.05) is 30.3 Å². The van der Waals surface area contributed by atoms with Gasteiger partial charge in [0.05, 0.1) is 18.8 Å². The fourth-order valence-corrected chi connectivity index (χ4v) is 5.98. The summed E-state index contributed by atoms with van der Waals surface area (Å²) >= 11 is 0. The van der Waals surface area contributed by atoms with Crippen LogP contribution in [0.5, 0.6) is 6.01 Å². The summed E-state index contributed by atoms with van der Waals surface area (Å²) in [6.07, 6.45) is 0.641. The minimum Gasteiger partial charge on any atom is -0.462 e. The fourth-order valence-electron chi connectivity index (χ4n) is 5.98. The number of anilines is 2. The van der Waals surface area contributed by atoms with Crippen molar-refractivity contribution in [3.8, 4) is 6.01 Å². The van der Waals surface area contributed by atoms with E-state index in [-0.39, 0.29) is 31.6 Å². The normalized spacial score (nSPS) is 21.9. The summed E-state index contributed by atoms with van der Waals surface area (Å²) in [4.78, 5) is 16.0. The first-order valence-electron chi connectivity index (χ1n) is 13.2. The van der Waals surface area contributed by atoms with E-state index in [1.807, 2.05) is 0 Å². The molecule has 9 heteroatoms. The largest absolute Gasteiger partial charge is 0.462 e. The molecule has 3 aromatic rings. The predicted octanol–water partition coefficient (Wildman–Crippen LogP) is 3.63. The van der Waals surface area contributed by atoms with Crippen LogP contribution in [0.4, 0.5) is 20.3 Å². The fraction of sp³-hybridized carbons (Fsp3) is 0.500. The summed E-state index contributed by atoms with van der Waals surface area (Å²) in [7, 11) is 1.72. The van der Waals surface area contributed by atoms with E-state index < -0.39 is 5.92 Å². The highest BCUT2D eigenvalue weighted by molar-refractivity contribution is 5.97. The number of piperazine rings is 1. The highest BCUT2D eigenvalue weighted by Gasteiger charge is 2.43. The monoisotopic (exact) mass is 508 g/mol. The number of alkyl halides is 2. The zero-order chi connectivity index (χ0) is 25.6. The number of ether oxygens (including phenoxy) is 1. The second-order valence-corrected chi connectivity index (χ2v) is 10.6. The molecular weight excluding hydrogens is 474 g/mol. The Morgan fingerprint density at radius 3 is 2.59 bits per heavy atom. The smallest absolute Gasteiger partial charge is 0.318 e. The molecule has 1 atom stereocenters. The number of fused-ring (bicyclic) bond motifs is 2. The van der Waals surface area contributed by atoms with Crippen molar-refractivity contribution in [3.05, 3.63) is 53.2 Å². The van der Waals surface area contributed by atoms with Crippen LogP contribution >= 0.6 is 0 Å². The standard InChI is InChI=1S/C28H34F2N6O/c1-19-5-3-6-20-7-4-8-24(25(19)20)36-12-9-22-23(16-36)32-27(33-26(22)35-13-10-31-11-14-35)37-17-21-15-28(29,30)18-34(21)2/h3-8,21,31H,9-18H2,1-2H3/t21-/m0/s1. The third kappa shape index (κ3) is 4.82. The Morgan fingerprint density at radius 1 is 1.05 bits per heavy atom. The lowest BCUT2D eigenvalue weighted by atomic mass is 9.99. The third-order valence-corrected chi connectivity index (χ3v) is 7.91. The zero-order valence-corrected chi connectivity index (χ0v) is 21.5. The van der Waals surface area contributed by atoms with Crippen molar-refractivity contribution < 1.29 is 13.5 Å². The second-order valence-electron chi connectivity index (χ2n) is 10.6. The Bertz CT molecular complexity index is 1290. The lowest BCUT2D eigenvalue weighted by molar-refractivity contribution is 0.0136. The van der Waals surface area contributed by atoms with Crippen molar-refractivity contribution in [3.63, 3.8) is 0 Å². The number of aryl methyl sites for hydroxylation is 1. The zero-order valence-electron chi connectivity index (χ0n) is 21.5. The third-order valence-electron chi connectivity index (χ3n) is 7.91. The van der Waals surface area contributed by atoms with Crippen LogP contribution in [-0.4, -0.2) is 79.8 Å². The number of likely N-dealkylation sites (N-methyl/N-ethyl adjacent to an activating group) is 1. The van der Waals surface area contributed by atoms with E-state index in [0.29, 0.717) is 6.54 Å². The van der Waals surface area contributed by atoms with Gasteiger partial charge in [-0.3, -0.25) is 4.90 Å². The maximum atomic E-state index is 13.9. The second kappa shape index (κ2) is 9.68. The predicted molar refractivity (Wildman–Crippen MR) is 142 cm³/mol. The minimum atomic E-state index is -2.68. The molecule has 0 saturated carbocycles. The first kappa shape index (κ1) is 24.3. The van der Waals surface area contributed by atoms with Gasteiger partial charge >= 0.3 is 6.01 Å². The number of likely N-dealkylation sites (tertiary alicyclic amines) is 1. The molecule has 0 radical (unpaired) electrons. The quantitative estimate of drug-likeness (QED) is 0.565. The minimum absolute atomic E-state index is 0.151. The Hall–Kier alpha value is -3.04. The molecule has 3 aliphatic rings. The molecule has 0 amide bonds. The number of aromatic nitrogens is 2. The van der Waals surface area contributed by atoms with Gasteiger partial charge in [0.1, 0.15) is 12.4 Å². The Labute approximate surface area is 216 Å². The van der Waals surface area contributed by atoms with E-state index in [1.165, 1.54) is 27.6 Å². The molecule has 0 spiro atoms. The molecule has 1 N–H and O–H groups in total. The van der Waals surface area contributed by atoms with Gasteiger partial charge in [0.25, 0.3) is 5.92 Å². The number of hydrogen-bond donors (Lipinski definition) is 1. The molecule has 0 bridgehead atoms. The van der Waals surface area contributed by atoms with Crippen LogP contribution in [0.15, 0.2) is 36.4 Å². The molecule has 1 aromatic heterocycles. The number of benzene rings is 2. The summed E-state index contributed by atoms with van der Waals surface area (Å²) in [5, 5.41) is 5.90. The Balaban J connectivity index is 1.32. The summed E-state index contributed by atoms with van der Waals surface area (Å²) in [5.41, 5.74) is 4.60. The maximum absolute atomic E-state index is 13.9. The number of nitrogens with one attached hydrogen (secondary N) is 1. The van der Waals surface area contributed by atoms with Crippen LogP contribution in [0, 0.1) is 6.92 Å². The molecular formula is C28H34F2N6O. The molecule has 2 saturated heterocycles. The van der Waals surface area contributed by atoms with Crippen molar-refractivity contribution >= 4 is 22.3 Å². The number of halogens is 2. The summed E-state index contributed by atoms with van der Waals surface area (Å²) in [6.45, 7) is 7.14. The van der Waals surface area contributed by atoms with Crippen LogP contribution in [-0.2, 0) is 13.0 Å². The molecule has 37 heavy (non-hydrogen) atoms. The van der Waals surface area contributed by atoms with E-state index in [1.54, 1.807) is 11.9 Å². The molecule has 2 aromatic carbocycles. The van der Waals surface area contributed by atoms with E-state index >= 15 is 0 Å². The lowest BCUT2D eigenvalue weighted by Crippen LogP contribution is -2.45. The highest BCUT2D eigenvalue weighted by Crippen LogP contribution is 2.36. The van der Waals surface area contributed by atoms with E-state index in [4.69, 9.17) is 14.7 Å². The van der Waals surface area contributed by atoms with Crippen LogP contribution in [0.25, 0.3) is 10.8 Å². The average molecular weight is 509 g/mol. The maximum Gasteiger partial charge on any atom is 0.318 e. The van der Waals surface area contributed by atoms with E-state index in [0.717, 1.165) is 50.7 Å². The van der Waals surface area contributed by atoms with E-state index in [9.17, 15) is 8.78 Å².